The molecule has 1 amide bonds. The van der Waals surface area contributed by atoms with Gasteiger partial charge in [0.15, 0.2) is 13.6 Å². The van der Waals surface area contributed by atoms with Crippen LogP contribution < -0.4 is 14.4 Å². The second-order valence-corrected chi connectivity index (χ2v) is 13.8. The van der Waals surface area contributed by atoms with Crippen molar-refractivity contribution in [3.8, 4) is 11.5 Å². The number of carbonyl (C=O) groups is 1. The van der Waals surface area contributed by atoms with Gasteiger partial charge < -0.3 is 38.2 Å². The Bertz CT molecular complexity index is 1880. The topological polar surface area (TPSA) is 68.6 Å². The van der Waals surface area contributed by atoms with Crippen LogP contribution in [0.1, 0.15) is 45.9 Å². The normalized spacial score (nSPS) is 15.2. The summed E-state index contributed by atoms with van der Waals surface area (Å²) in [5.41, 5.74) is 5.93. The lowest BCUT2D eigenvalue weighted by Gasteiger charge is -2.37. The summed E-state index contributed by atoms with van der Waals surface area (Å²) in [7, 11) is 3.22. The lowest BCUT2D eigenvalue weighted by molar-refractivity contribution is 0.0509. The number of carbonyl (C=O) groups excluding carboxylic acids is 1. The number of aromatic nitrogens is 1. The highest BCUT2D eigenvalue weighted by Gasteiger charge is 2.34. The van der Waals surface area contributed by atoms with E-state index < -0.39 is 0 Å². The number of para-hydroxylation sites is 2. The van der Waals surface area contributed by atoms with Crippen molar-refractivity contribution in [3.05, 3.63) is 124 Å². The largest absolute Gasteiger partial charge is 0.468 e. The Kier molecular flexibility index (Phi) is 11.6. The monoisotopic (exact) mass is 722 g/mol. The molecule has 7 rings (SSSR count). The zero-order valence-corrected chi connectivity index (χ0v) is 30.8. The number of benzene rings is 4. The van der Waals surface area contributed by atoms with Gasteiger partial charge in [-0.2, -0.15) is 0 Å². The zero-order valence-electron chi connectivity index (χ0n) is 30.0. The molecule has 0 N–H and O–H groups in total. The van der Waals surface area contributed by atoms with Crippen molar-refractivity contribution in [2.45, 2.75) is 25.3 Å². The third-order valence-corrected chi connectivity index (χ3v) is 10.5. The smallest absolute Gasteiger partial charge is 0.270 e. The number of piperazine rings is 1. The molecule has 4 aromatic carbocycles. The fourth-order valence-corrected chi connectivity index (χ4v) is 7.89. The number of fused-ring (bicyclic) bond motifs is 1. The molecule has 2 fully saturated rings. The molecule has 1 aromatic heterocycles. The lowest BCUT2D eigenvalue weighted by atomic mass is 9.83. The van der Waals surface area contributed by atoms with Gasteiger partial charge in [-0.3, -0.25) is 4.79 Å². The van der Waals surface area contributed by atoms with Crippen LogP contribution in [0.15, 0.2) is 97.1 Å². The molecule has 0 radical (unpaired) electrons. The van der Waals surface area contributed by atoms with E-state index in [0.717, 1.165) is 70.2 Å². The highest BCUT2D eigenvalue weighted by Crippen LogP contribution is 2.42. The molecule has 0 bridgehead atoms. The van der Waals surface area contributed by atoms with E-state index in [1.54, 1.807) is 14.2 Å². The SMILES string of the molecule is COCOc1ccc(C(c2ccc(OCOC)cc2)c2c(C(=O)N3CCN(c4ccccc4Cl)CC3)n(CCN3CCCC3)c3ccccc23)cc1. The third kappa shape index (κ3) is 7.78. The Morgan fingerprint density at radius 3 is 1.87 bits per heavy atom. The van der Waals surface area contributed by atoms with Crippen LogP contribution in [-0.4, -0.2) is 93.9 Å². The molecule has 0 saturated carbocycles. The number of methoxy groups -OCH3 is 2. The summed E-state index contributed by atoms with van der Waals surface area (Å²) >= 11 is 6.59. The minimum Gasteiger partial charge on any atom is -0.468 e. The summed E-state index contributed by atoms with van der Waals surface area (Å²) in [5.74, 6) is 1.23. The number of hydrogen-bond acceptors (Lipinski definition) is 7. The molecule has 2 saturated heterocycles. The van der Waals surface area contributed by atoms with Crippen molar-refractivity contribution >= 4 is 34.1 Å². The summed E-state index contributed by atoms with van der Waals surface area (Å²) in [4.78, 5) is 22.0. The molecule has 5 aromatic rings. The van der Waals surface area contributed by atoms with Crippen molar-refractivity contribution in [3.63, 3.8) is 0 Å². The molecule has 52 heavy (non-hydrogen) atoms. The van der Waals surface area contributed by atoms with E-state index in [1.807, 2.05) is 47.4 Å². The maximum atomic E-state index is 15.2. The average molecular weight is 723 g/mol. The summed E-state index contributed by atoms with van der Waals surface area (Å²) in [6, 6.07) is 32.7. The number of likely N-dealkylation sites (tertiary alicyclic amines) is 1. The fourth-order valence-electron chi connectivity index (χ4n) is 7.63. The van der Waals surface area contributed by atoms with Gasteiger partial charge in [0, 0.05) is 75.9 Å². The summed E-state index contributed by atoms with van der Waals surface area (Å²) in [5, 5.41) is 1.80. The molecule has 9 nitrogen and oxygen atoms in total. The van der Waals surface area contributed by atoms with Gasteiger partial charge in [0.05, 0.1) is 10.7 Å². The highest BCUT2D eigenvalue weighted by atomic mass is 35.5. The first kappa shape index (κ1) is 35.8. The van der Waals surface area contributed by atoms with Crippen LogP contribution in [0.4, 0.5) is 5.69 Å². The van der Waals surface area contributed by atoms with Gasteiger partial charge in [0.25, 0.3) is 5.91 Å². The highest BCUT2D eigenvalue weighted by molar-refractivity contribution is 6.33. The van der Waals surface area contributed by atoms with E-state index in [4.69, 9.17) is 30.5 Å². The number of nitrogens with zero attached hydrogens (tertiary/aromatic N) is 4. The minimum absolute atomic E-state index is 0.0523. The van der Waals surface area contributed by atoms with Gasteiger partial charge in [-0.1, -0.05) is 66.2 Å². The summed E-state index contributed by atoms with van der Waals surface area (Å²) in [6.45, 7) is 6.73. The maximum absolute atomic E-state index is 15.2. The second-order valence-electron chi connectivity index (χ2n) is 13.4. The Morgan fingerprint density at radius 1 is 0.692 bits per heavy atom. The molecule has 10 heteroatoms. The van der Waals surface area contributed by atoms with Crippen LogP contribution in [0, 0.1) is 0 Å². The van der Waals surface area contributed by atoms with Crippen molar-refractivity contribution in [1.82, 2.24) is 14.4 Å². The number of ether oxygens (including phenoxy) is 4. The minimum atomic E-state index is -0.255. The summed E-state index contributed by atoms with van der Waals surface area (Å²) < 4.78 is 24.1. The van der Waals surface area contributed by atoms with Gasteiger partial charge >= 0.3 is 0 Å². The average Bonchev–Trinajstić information content (AvgIpc) is 3.83. The second kappa shape index (κ2) is 16.9. The number of halogens is 1. The van der Waals surface area contributed by atoms with E-state index >= 15 is 4.79 Å². The first-order valence-electron chi connectivity index (χ1n) is 18.1. The molecule has 0 unspecified atom stereocenters. The van der Waals surface area contributed by atoms with Gasteiger partial charge in [-0.15, -0.1) is 0 Å². The van der Waals surface area contributed by atoms with Gasteiger partial charge in [0.1, 0.15) is 17.2 Å². The Labute approximate surface area is 311 Å². The number of hydrogen-bond donors (Lipinski definition) is 0. The van der Waals surface area contributed by atoms with Crippen LogP contribution in [-0.2, 0) is 16.0 Å². The molecule has 0 spiro atoms. The zero-order chi connectivity index (χ0) is 35.9. The van der Waals surface area contributed by atoms with Crippen molar-refractivity contribution in [1.29, 1.82) is 0 Å². The molecule has 0 aliphatic carbocycles. The van der Waals surface area contributed by atoms with E-state index in [9.17, 15) is 0 Å². The molecule has 2 aliphatic heterocycles. The van der Waals surface area contributed by atoms with Crippen molar-refractivity contribution < 1.29 is 23.7 Å². The Balaban J connectivity index is 1.34. The molecule has 3 heterocycles. The Hall–Kier alpha value is -4.54. The van der Waals surface area contributed by atoms with Gasteiger partial charge in [-0.25, -0.2) is 0 Å². The van der Waals surface area contributed by atoms with E-state index in [2.05, 4.69) is 69.0 Å². The van der Waals surface area contributed by atoms with Crippen LogP contribution in [0.5, 0.6) is 11.5 Å². The molecule has 272 valence electrons. The number of anilines is 1. The first-order chi connectivity index (χ1) is 25.6. The van der Waals surface area contributed by atoms with E-state index in [0.29, 0.717) is 37.7 Å². The molecule has 0 atom stereocenters. The quantitative estimate of drug-likeness (QED) is 0.110. The maximum Gasteiger partial charge on any atom is 0.270 e. The van der Waals surface area contributed by atoms with E-state index in [-0.39, 0.29) is 25.4 Å². The fraction of sp³-hybridized carbons (Fsp3) is 0.357. The third-order valence-electron chi connectivity index (χ3n) is 10.2. The van der Waals surface area contributed by atoms with E-state index in [1.165, 1.54) is 12.8 Å². The van der Waals surface area contributed by atoms with Crippen LogP contribution in [0.25, 0.3) is 10.9 Å². The lowest BCUT2D eigenvalue weighted by Crippen LogP contribution is -2.49. The number of rotatable bonds is 14. The van der Waals surface area contributed by atoms with Crippen LogP contribution in [0.2, 0.25) is 5.02 Å². The standard InChI is InChI=1S/C42H47ClN4O5/c1-49-29-51-33-17-13-31(14-18-33)39(32-15-19-34(20-16-32)52-30-50-2)40-35-9-3-5-11-37(35)47(28-23-44-21-7-8-22-44)41(40)42(48)46-26-24-45(25-27-46)38-12-6-4-10-36(38)43/h3-6,9-20,39H,7-8,21-30H2,1-2H3. The predicted molar refractivity (Wildman–Crippen MR) is 206 cm³/mol. The number of amides is 1. The van der Waals surface area contributed by atoms with Crippen molar-refractivity contribution in [2.24, 2.45) is 0 Å². The Morgan fingerprint density at radius 2 is 1.27 bits per heavy atom. The molecular formula is C42H47ClN4O5. The molecule has 2 aliphatic rings. The first-order valence-corrected chi connectivity index (χ1v) is 18.5. The van der Waals surface area contributed by atoms with Gasteiger partial charge in [-0.05, 0) is 79.5 Å². The summed E-state index contributed by atoms with van der Waals surface area (Å²) in [6.07, 6.45) is 2.44. The van der Waals surface area contributed by atoms with Gasteiger partial charge in [0.2, 0.25) is 0 Å². The van der Waals surface area contributed by atoms with Crippen LogP contribution >= 0.6 is 11.6 Å². The predicted octanol–water partition coefficient (Wildman–Crippen LogP) is 7.50. The van der Waals surface area contributed by atoms with Crippen molar-refractivity contribution in [2.75, 3.05) is 78.5 Å². The van der Waals surface area contributed by atoms with Crippen LogP contribution in [0.3, 0.4) is 0 Å². The molecular weight excluding hydrogens is 676 g/mol.